The van der Waals surface area contributed by atoms with E-state index in [1.165, 1.54) is 0 Å². The van der Waals surface area contributed by atoms with Crippen molar-refractivity contribution in [1.29, 1.82) is 0 Å². The lowest BCUT2D eigenvalue weighted by Crippen LogP contribution is -2.52. The molecule has 6 nitrogen and oxygen atoms in total. The second-order valence-corrected chi connectivity index (χ2v) is 4.37. The molecule has 1 amide bonds. The predicted octanol–water partition coefficient (Wildman–Crippen LogP) is -1.50. The minimum Gasteiger partial charge on any atom is -0.379 e. The summed E-state index contributed by atoms with van der Waals surface area (Å²) in [6.45, 7) is 6.72. The van der Waals surface area contributed by atoms with Crippen LogP contribution in [0.1, 0.15) is 0 Å². The van der Waals surface area contributed by atoms with E-state index >= 15 is 0 Å². The number of morpholine rings is 2. The van der Waals surface area contributed by atoms with Gasteiger partial charge in [-0.15, -0.1) is 0 Å². The van der Waals surface area contributed by atoms with Gasteiger partial charge in [-0.25, -0.2) is 0 Å². The molecule has 0 saturated carbocycles. The summed E-state index contributed by atoms with van der Waals surface area (Å²) in [6, 6.07) is 0. The summed E-state index contributed by atoms with van der Waals surface area (Å²) in [5.41, 5.74) is 5.50. The quantitative estimate of drug-likeness (QED) is 0.651. The fraction of sp³-hybridized carbons (Fsp3) is 0.909. The molecule has 0 aromatic carbocycles. The maximum Gasteiger partial charge on any atom is 0.253 e. The number of hydrogen-bond donors (Lipinski definition) is 1. The topological polar surface area (TPSA) is 68.0 Å². The van der Waals surface area contributed by atoms with E-state index < -0.39 is 6.10 Å². The molecule has 0 spiro atoms. The molecule has 0 radical (unpaired) electrons. The summed E-state index contributed by atoms with van der Waals surface area (Å²) in [5, 5.41) is 0. The molecule has 2 fully saturated rings. The van der Waals surface area contributed by atoms with Crippen LogP contribution in [0.5, 0.6) is 0 Å². The Labute approximate surface area is 102 Å². The van der Waals surface area contributed by atoms with Crippen molar-refractivity contribution < 1.29 is 14.3 Å². The highest BCUT2D eigenvalue weighted by Crippen LogP contribution is 2.06. The number of carbonyl (C=O) groups excluding carboxylic acids is 1. The van der Waals surface area contributed by atoms with Gasteiger partial charge in [-0.2, -0.15) is 0 Å². The second kappa shape index (κ2) is 6.30. The molecule has 1 unspecified atom stereocenters. The molecule has 2 rings (SSSR count). The van der Waals surface area contributed by atoms with Crippen molar-refractivity contribution in [2.45, 2.75) is 6.10 Å². The molecule has 2 aliphatic rings. The van der Waals surface area contributed by atoms with Crippen LogP contribution < -0.4 is 5.73 Å². The average Bonchev–Trinajstić information content (AvgIpc) is 2.39. The lowest BCUT2D eigenvalue weighted by Gasteiger charge is -2.34. The Kier molecular flexibility index (Phi) is 4.73. The third-order valence-electron chi connectivity index (χ3n) is 3.27. The van der Waals surface area contributed by atoms with E-state index in [4.69, 9.17) is 15.2 Å². The molecule has 2 saturated heterocycles. The molecule has 0 aliphatic carbocycles. The first kappa shape index (κ1) is 12.8. The van der Waals surface area contributed by atoms with Crippen molar-refractivity contribution in [3.63, 3.8) is 0 Å². The molecule has 0 aromatic heterocycles. The Morgan fingerprint density at radius 3 is 2.65 bits per heavy atom. The Morgan fingerprint density at radius 2 is 1.94 bits per heavy atom. The number of carbonyl (C=O) groups is 1. The van der Waals surface area contributed by atoms with Crippen molar-refractivity contribution in [2.75, 3.05) is 59.1 Å². The lowest BCUT2D eigenvalue weighted by atomic mass is 10.2. The van der Waals surface area contributed by atoms with Crippen molar-refractivity contribution in [2.24, 2.45) is 5.73 Å². The molecular formula is C11H21N3O3. The molecule has 2 aliphatic heterocycles. The highest BCUT2D eigenvalue weighted by molar-refractivity contribution is 5.81. The largest absolute Gasteiger partial charge is 0.379 e. The normalized spacial score (nSPS) is 27.5. The summed E-state index contributed by atoms with van der Waals surface area (Å²) in [6.07, 6.45) is -0.437. The van der Waals surface area contributed by atoms with Gasteiger partial charge in [0.2, 0.25) is 0 Å². The van der Waals surface area contributed by atoms with Crippen LogP contribution in [0.25, 0.3) is 0 Å². The standard InChI is InChI=1S/C11H21N3O3/c12-9-10-11(15)14(5-8-17-10)2-1-13-3-6-16-7-4-13/h10H,1-9,12H2. The van der Waals surface area contributed by atoms with Crippen molar-refractivity contribution in [3.8, 4) is 0 Å². The second-order valence-electron chi connectivity index (χ2n) is 4.37. The van der Waals surface area contributed by atoms with E-state index in [1.54, 1.807) is 0 Å². The Morgan fingerprint density at radius 1 is 1.18 bits per heavy atom. The maximum absolute atomic E-state index is 11.9. The van der Waals surface area contributed by atoms with E-state index in [-0.39, 0.29) is 12.5 Å². The Hall–Kier alpha value is -0.690. The monoisotopic (exact) mass is 243 g/mol. The highest BCUT2D eigenvalue weighted by atomic mass is 16.5. The first-order valence-corrected chi connectivity index (χ1v) is 6.22. The molecule has 2 heterocycles. The van der Waals surface area contributed by atoms with E-state index in [9.17, 15) is 4.79 Å². The molecule has 98 valence electrons. The first-order chi connectivity index (χ1) is 8.31. The van der Waals surface area contributed by atoms with Gasteiger partial charge in [0.15, 0.2) is 0 Å². The van der Waals surface area contributed by atoms with Crippen LogP contribution in [0.4, 0.5) is 0 Å². The number of nitrogens with two attached hydrogens (primary N) is 1. The molecule has 0 bridgehead atoms. The maximum atomic E-state index is 11.9. The van der Waals surface area contributed by atoms with Gasteiger partial charge >= 0.3 is 0 Å². The van der Waals surface area contributed by atoms with E-state index in [2.05, 4.69) is 4.90 Å². The minimum atomic E-state index is -0.437. The fourth-order valence-corrected chi connectivity index (χ4v) is 2.17. The number of nitrogens with zero attached hydrogens (tertiary/aromatic N) is 2. The SMILES string of the molecule is NCC1OCCN(CCN2CCOCC2)C1=O. The zero-order valence-corrected chi connectivity index (χ0v) is 10.1. The van der Waals surface area contributed by atoms with Gasteiger partial charge < -0.3 is 20.1 Å². The van der Waals surface area contributed by atoms with Crippen LogP contribution in [0, 0.1) is 0 Å². The van der Waals surface area contributed by atoms with E-state index in [0.29, 0.717) is 13.2 Å². The lowest BCUT2D eigenvalue weighted by molar-refractivity contribution is -0.152. The molecule has 0 aromatic rings. The smallest absolute Gasteiger partial charge is 0.253 e. The zero-order valence-electron chi connectivity index (χ0n) is 10.1. The third kappa shape index (κ3) is 3.38. The van der Waals surface area contributed by atoms with Gasteiger partial charge in [-0.3, -0.25) is 9.69 Å². The van der Waals surface area contributed by atoms with E-state index in [1.807, 2.05) is 4.90 Å². The van der Waals surface area contributed by atoms with Crippen molar-refractivity contribution >= 4 is 5.91 Å². The molecule has 6 heteroatoms. The summed E-state index contributed by atoms with van der Waals surface area (Å²) in [4.78, 5) is 16.1. The van der Waals surface area contributed by atoms with Crippen LogP contribution in [-0.2, 0) is 14.3 Å². The van der Waals surface area contributed by atoms with Gasteiger partial charge in [0, 0.05) is 39.3 Å². The van der Waals surface area contributed by atoms with Gasteiger partial charge in [0.25, 0.3) is 5.91 Å². The van der Waals surface area contributed by atoms with Crippen molar-refractivity contribution in [1.82, 2.24) is 9.80 Å². The van der Waals surface area contributed by atoms with Crippen LogP contribution in [0.2, 0.25) is 0 Å². The van der Waals surface area contributed by atoms with Gasteiger partial charge in [-0.05, 0) is 0 Å². The van der Waals surface area contributed by atoms with Gasteiger partial charge in [-0.1, -0.05) is 0 Å². The van der Waals surface area contributed by atoms with Crippen LogP contribution in [-0.4, -0.2) is 80.9 Å². The first-order valence-electron chi connectivity index (χ1n) is 6.22. The Bertz CT molecular complexity index is 256. The number of ether oxygens (including phenoxy) is 2. The van der Waals surface area contributed by atoms with Crippen LogP contribution >= 0.6 is 0 Å². The highest BCUT2D eigenvalue weighted by Gasteiger charge is 2.28. The van der Waals surface area contributed by atoms with Crippen LogP contribution in [0.15, 0.2) is 0 Å². The molecule has 17 heavy (non-hydrogen) atoms. The predicted molar refractivity (Wildman–Crippen MR) is 62.6 cm³/mol. The molecular weight excluding hydrogens is 222 g/mol. The summed E-state index contributed by atoms with van der Waals surface area (Å²) >= 11 is 0. The number of amides is 1. The summed E-state index contributed by atoms with van der Waals surface area (Å²) in [5.74, 6) is 0.0343. The zero-order chi connectivity index (χ0) is 12.1. The van der Waals surface area contributed by atoms with Gasteiger partial charge in [0.05, 0.1) is 19.8 Å². The summed E-state index contributed by atoms with van der Waals surface area (Å²) in [7, 11) is 0. The van der Waals surface area contributed by atoms with Crippen LogP contribution in [0.3, 0.4) is 0 Å². The minimum absolute atomic E-state index is 0.0343. The van der Waals surface area contributed by atoms with Crippen molar-refractivity contribution in [3.05, 3.63) is 0 Å². The number of rotatable bonds is 4. The molecule has 1 atom stereocenters. The molecule has 2 N–H and O–H groups in total. The summed E-state index contributed by atoms with van der Waals surface area (Å²) < 4.78 is 10.6. The fourth-order valence-electron chi connectivity index (χ4n) is 2.17. The Balaban J connectivity index is 1.75. The number of hydrogen-bond acceptors (Lipinski definition) is 5. The van der Waals surface area contributed by atoms with Gasteiger partial charge in [0.1, 0.15) is 6.10 Å². The average molecular weight is 243 g/mol. The van der Waals surface area contributed by atoms with E-state index in [0.717, 1.165) is 39.4 Å². The third-order valence-corrected chi connectivity index (χ3v) is 3.27.